The van der Waals surface area contributed by atoms with Gasteiger partial charge in [-0.2, -0.15) is 0 Å². The molecule has 0 aliphatic rings. The zero-order valence-electron chi connectivity index (χ0n) is 14.3. The van der Waals surface area contributed by atoms with Gasteiger partial charge in [-0.25, -0.2) is 4.79 Å². The highest BCUT2D eigenvalue weighted by molar-refractivity contribution is 6.04. The van der Waals surface area contributed by atoms with Crippen molar-refractivity contribution < 1.29 is 19.4 Å². The summed E-state index contributed by atoms with van der Waals surface area (Å²) in [4.78, 5) is 24.6. The maximum atomic E-state index is 12.4. The molecule has 0 aliphatic carbocycles. The molecule has 3 rings (SSSR count). The van der Waals surface area contributed by atoms with E-state index < -0.39 is 18.0 Å². The number of amides is 1. The molecule has 1 amide bonds. The summed E-state index contributed by atoms with van der Waals surface area (Å²) in [7, 11) is 0. The second-order valence-corrected chi connectivity index (χ2v) is 5.92. The monoisotopic (exact) mass is 349 g/mol. The normalized spacial score (nSPS) is 11.8. The van der Waals surface area contributed by atoms with Crippen molar-refractivity contribution in [3.8, 4) is 0 Å². The van der Waals surface area contributed by atoms with Gasteiger partial charge in [0.2, 0.25) is 0 Å². The van der Waals surface area contributed by atoms with Crippen LogP contribution in [-0.2, 0) is 16.1 Å². The van der Waals surface area contributed by atoms with Gasteiger partial charge < -0.3 is 15.2 Å². The van der Waals surface area contributed by atoms with Gasteiger partial charge in [-0.05, 0) is 36.1 Å². The lowest BCUT2D eigenvalue weighted by Gasteiger charge is -2.15. The Labute approximate surface area is 151 Å². The highest BCUT2D eigenvalue weighted by Crippen LogP contribution is 2.23. The smallest absolute Gasteiger partial charge is 0.338 e. The fraction of sp³-hybridized carbons (Fsp3) is 0.143. The number of aliphatic hydroxyl groups excluding tert-OH is 1. The summed E-state index contributed by atoms with van der Waals surface area (Å²) in [5.74, 6) is -0.989. The Morgan fingerprint density at radius 3 is 2.42 bits per heavy atom. The van der Waals surface area contributed by atoms with Crippen molar-refractivity contribution in [3.05, 3.63) is 77.9 Å². The lowest BCUT2D eigenvalue weighted by atomic mass is 10.1. The standard InChI is InChI=1S/C21H19NO4/c1-14(26-21(25)17-11-9-15(13-23)10-12-17)20(24)22-19-8-4-6-16-5-2-3-7-18(16)19/h2-12,14,23H,13H2,1H3,(H,22,24). The maximum absolute atomic E-state index is 12.4. The van der Waals surface area contributed by atoms with Crippen molar-refractivity contribution in [2.75, 3.05) is 5.32 Å². The van der Waals surface area contributed by atoms with E-state index in [0.29, 0.717) is 16.8 Å². The van der Waals surface area contributed by atoms with E-state index in [1.807, 2.05) is 42.5 Å². The first kappa shape index (κ1) is 17.6. The van der Waals surface area contributed by atoms with Crippen LogP contribution in [0.15, 0.2) is 66.7 Å². The Morgan fingerprint density at radius 2 is 1.69 bits per heavy atom. The van der Waals surface area contributed by atoms with E-state index in [0.717, 1.165) is 10.8 Å². The molecule has 2 N–H and O–H groups in total. The van der Waals surface area contributed by atoms with E-state index in [9.17, 15) is 9.59 Å². The summed E-state index contributed by atoms with van der Waals surface area (Å²) < 4.78 is 5.24. The average Bonchev–Trinajstić information content (AvgIpc) is 2.68. The van der Waals surface area contributed by atoms with Crippen molar-refractivity contribution in [2.45, 2.75) is 19.6 Å². The molecule has 0 aromatic heterocycles. The van der Waals surface area contributed by atoms with E-state index in [4.69, 9.17) is 9.84 Å². The van der Waals surface area contributed by atoms with Gasteiger partial charge in [0.1, 0.15) is 0 Å². The number of anilines is 1. The average molecular weight is 349 g/mol. The van der Waals surface area contributed by atoms with Crippen molar-refractivity contribution in [1.82, 2.24) is 0 Å². The molecule has 1 atom stereocenters. The second-order valence-electron chi connectivity index (χ2n) is 5.92. The largest absolute Gasteiger partial charge is 0.449 e. The molecule has 26 heavy (non-hydrogen) atoms. The molecule has 0 heterocycles. The highest BCUT2D eigenvalue weighted by Gasteiger charge is 2.19. The van der Waals surface area contributed by atoms with Crippen LogP contribution in [0, 0.1) is 0 Å². The number of carbonyl (C=O) groups is 2. The van der Waals surface area contributed by atoms with Gasteiger partial charge >= 0.3 is 5.97 Å². The summed E-state index contributed by atoms with van der Waals surface area (Å²) in [6.07, 6.45) is -0.945. The molecule has 0 bridgehead atoms. The summed E-state index contributed by atoms with van der Waals surface area (Å²) in [6.45, 7) is 1.43. The van der Waals surface area contributed by atoms with Crippen LogP contribution >= 0.6 is 0 Å². The number of esters is 1. The molecule has 5 heteroatoms. The van der Waals surface area contributed by atoms with Crippen LogP contribution in [0.1, 0.15) is 22.8 Å². The number of hydrogen-bond acceptors (Lipinski definition) is 4. The third kappa shape index (κ3) is 3.90. The number of benzene rings is 3. The maximum Gasteiger partial charge on any atom is 0.338 e. The summed E-state index contributed by atoms with van der Waals surface area (Å²) in [5, 5.41) is 13.8. The number of hydrogen-bond donors (Lipinski definition) is 2. The number of fused-ring (bicyclic) bond motifs is 1. The Kier molecular flexibility index (Phi) is 5.29. The number of aliphatic hydroxyl groups is 1. The van der Waals surface area contributed by atoms with E-state index in [1.165, 1.54) is 6.92 Å². The SMILES string of the molecule is CC(OC(=O)c1ccc(CO)cc1)C(=O)Nc1cccc2ccccc12. The third-order valence-corrected chi connectivity index (χ3v) is 4.07. The van der Waals surface area contributed by atoms with Crippen molar-refractivity contribution in [1.29, 1.82) is 0 Å². The minimum atomic E-state index is -0.945. The molecule has 0 radical (unpaired) electrons. The number of rotatable bonds is 5. The Morgan fingerprint density at radius 1 is 1.00 bits per heavy atom. The predicted octanol–water partition coefficient (Wildman–Crippen LogP) is 3.52. The molecule has 0 saturated carbocycles. The molecule has 0 spiro atoms. The van der Waals surface area contributed by atoms with Crippen molar-refractivity contribution >= 4 is 28.3 Å². The molecule has 5 nitrogen and oxygen atoms in total. The number of nitrogens with one attached hydrogen (secondary N) is 1. The number of ether oxygens (including phenoxy) is 1. The lowest BCUT2D eigenvalue weighted by Crippen LogP contribution is -2.30. The second kappa shape index (κ2) is 7.80. The zero-order valence-corrected chi connectivity index (χ0v) is 14.3. The van der Waals surface area contributed by atoms with Gasteiger partial charge in [0.05, 0.1) is 12.2 Å². The topological polar surface area (TPSA) is 75.6 Å². The fourth-order valence-corrected chi connectivity index (χ4v) is 2.60. The van der Waals surface area contributed by atoms with Crippen molar-refractivity contribution in [3.63, 3.8) is 0 Å². The van der Waals surface area contributed by atoms with Gasteiger partial charge in [0, 0.05) is 11.1 Å². The van der Waals surface area contributed by atoms with Crippen LogP contribution in [0.5, 0.6) is 0 Å². The van der Waals surface area contributed by atoms with E-state index in [2.05, 4.69) is 5.32 Å². The van der Waals surface area contributed by atoms with Crippen LogP contribution in [0.4, 0.5) is 5.69 Å². The first-order valence-corrected chi connectivity index (χ1v) is 8.28. The van der Waals surface area contributed by atoms with Gasteiger partial charge in [-0.3, -0.25) is 4.79 Å². The highest BCUT2D eigenvalue weighted by atomic mass is 16.5. The molecule has 3 aromatic rings. The first-order chi connectivity index (χ1) is 12.6. The fourth-order valence-electron chi connectivity index (χ4n) is 2.60. The van der Waals surface area contributed by atoms with E-state index in [1.54, 1.807) is 24.3 Å². The van der Waals surface area contributed by atoms with Crippen LogP contribution in [-0.4, -0.2) is 23.1 Å². The zero-order chi connectivity index (χ0) is 18.5. The van der Waals surface area contributed by atoms with Crippen LogP contribution in [0.3, 0.4) is 0 Å². The molecule has 1 unspecified atom stereocenters. The van der Waals surface area contributed by atoms with Gasteiger partial charge in [-0.15, -0.1) is 0 Å². The van der Waals surface area contributed by atoms with Crippen LogP contribution < -0.4 is 5.32 Å². The molecule has 0 fully saturated rings. The molecular formula is C21H19NO4. The Balaban J connectivity index is 1.68. The van der Waals surface area contributed by atoms with Gasteiger partial charge in [0.15, 0.2) is 6.10 Å². The minimum Gasteiger partial charge on any atom is -0.449 e. The first-order valence-electron chi connectivity index (χ1n) is 8.28. The number of carbonyl (C=O) groups excluding carboxylic acids is 2. The Hall–Kier alpha value is -3.18. The predicted molar refractivity (Wildman–Crippen MR) is 99.8 cm³/mol. The van der Waals surface area contributed by atoms with Gasteiger partial charge in [-0.1, -0.05) is 48.5 Å². The molecule has 0 aliphatic heterocycles. The molecular weight excluding hydrogens is 330 g/mol. The van der Waals surface area contributed by atoms with Crippen LogP contribution in [0.25, 0.3) is 10.8 Å². The summed E-state index contributed by atoms with van der Waals surface area (Å²) in [5.41, 5.74) is 1.69. The van der Waals surface area contributed by atoms with Crippen molar-refractivity contribution in [2.24, 2.45) is 0 Å². The third-order valence-electron chi connectivity index (χ3n) is 4.07. The van der Waals surface area contributed by atoms with E-state index >= 15 is 0 Å². The van der Waals surface area contributed by atoms with Crippen LogP contribution in [0.2, 0.25) is 0 Å². The molecule has 3 aromatic carbocycles. The minimum absolute atomic E-state index is 0.0980. The molecule has 0 saturated heterocycles. The summed E-state index contributed by atoms with van der Waals surface area (Å²) in [6, 6.07) is 19.7. The lowest BCUT2D eigenvalue weighted by molar-refractivity contribution is -0.123. The van der Waals surface area contributed by atoms with E-state index in [-0.39, 0.29) is 6.61 Å². The quantitative estimate of drug-likeness (QED) is 0.691. The van der Waals surface area contributed by atoms with Gasteiger partial charge in [0.25, 0.3) is 5.91 Å². The summed E-state index contributed by atoms with van der Waals surface area (Å²) >= 11 is 0. The molecule has 132 valence electrons. The Bertz CT molecular complexity index is 929.